The molecule has 1 saturated carbocycles. The van der Waals surface area contributed by atoms with Crippen LogP contribution in [0.25, 0.3) is 0 Å². The molecule has 0 saturated heterocycles. The molecule has 0 radical (unpaired) electrons. The molecular formula is C28H27FN4O2. The Hall–Kier alpha value is -4.02. The van der Waals surface area contributed by atoms with Crippen LogP contribution in [0.3, 0.4) is 0 Å². The normalized spacial score (nSPS) is 17.3. The molecule has 0 aromatic heterocycles. The Kier molecular flexibility index (Phi) is 7.54. The van der Waals surface area contributed by atoms with Crippen LogP contribution in [0.1, 0.15) is 57.5 Å². The predicted octanol–water partition coefficient (Wildman–Crippen LogP) is 4.86. The van der Waals surface area contributed by atoms with Crippen LogP contribution in [0.4, 0.5) is 10.1 Å². The molecule has 35 heavy (non-hydrogen) atoms. The van der Waals surface area contributed by atoms with E-state index in [0.717, 1.165) is 31.2 Å². The minimum Gasteiger partial charge on any atom is -0.330 e. The van der Waals surface area contributed by atoms with Crippen LogP contribution in [0.2, 0.25) is 0 Å². The van der Waals surface area contributed by atoms with E-state index in [2.05, 4.69) is 11.4 Å². The van der Waals surface area contributed by atoms with Gasteiger partial charge in [0.2, 0.25) is 0 Å². The lowest BCUT2D eigenvalue weighted by Crippen LogP contribution is -2.51. The molecule has 6 nitrogen and oxygen atoms in total. The summed E-state index contributed by atoms with van der Waals surface area (Å²) in [6, 6.07) is 21.1. The first-order valence-corrected chi connectivity index (χ1v) is 11.7. The number of anilines is 1. The lowest BCUT2D eigenvalue weighted by atomic mass is 9.89. The Morgan fingerprint density at radius 2 is 1.69 bits per heavy atom. The molecule has 4 rings (SSSR count). The largest absolute Gasteiger partial charge is 0.330 e. The highest BCUT2D eigenvalue weighted by molar-refractivity contribution is 6.04. The number of hydrogen-bond acceptors (Lipinski definition) is 4. The number of nitrogens with one attached hydrogen (secondary N) is 1. The number of nitrogens with zero attached hydrogens (tertiary/aromatic N) is 2. The van der Waals surface area contributed by atoms with E-state index in [-0.39, 0.29) is 23.9 Å². The summed E-state index contributed by atoms with van der Waals surface area (Å²) in [7, 11) is 0. The Balaban J connectivity index is 1.56. The average Bonchev–Trinajstić information content (AvgIpc) is 2.88. The Morgan fingerprint density at radius 3 is 2.37 bits per heavy atom. The van der Waals surface area contributed by atoms with E-state index in [1.54, 1.807) is 30.3 Å². The second-order valence-corrected chi connectivity index (χ2v) is 8.80. The van der Waals surface area contributed by atoms with Gasteiger partial charge >= 0.3 is 0 Å². The van der Waals surface area contributed by atoms with Crippen molar-refractivity contribution >= 4 is 17.5 Å². The topological polar surface area (TPSA) is 99.2 Å². The molecule has 0 bridgehead atoms. The van der Waals surface area contributed by atoms with Gasteiger partial charge in [-0.2, -0.15) is 5.26 Å². The fourth-order valence-electron chi connectivity index (χ4n) is 4.47. The third-order valence-electron chi connectivity index (χ3n) is 6.35. The number of halogens is 1. The van der Waals surface area contributed by atoms with Crippen LogP contribution in [0.15, 0.2) is 72.8 Å². The van der Waals surface area contributed by atoms with Crippen LogP contribution < -0.4 is 11.1 Å². The molecule has 7 heteroatoms. The van der Waals surface area contributed by atoms with Crippen molar-refractivity contribution in [3.63, 3.8) is 0 Å². The van der Waals surface area contributed by atoms with Gasteiger partial charge in [-0.3, -0.25) is 9.59 Å². The summed E-state index contributed by atoms with van der Waals surface area (Å²) < 4.78 is 13.2. The van der Waals surface area contributed by atoms with Gasteiger partial charge in [-0.1, -0.05) is 25.0 Å². The summed E-state index contributed by atoms with van der Waals surface area (Å²) in [6.07, 6.45) is 3.73. The Morgan fingerprint density at radius 1 is 1.00 bits per heavy atom. The molecule has 1 aliphatic rings. The van der Waals surface area contributed by atoms with Crippen molar-refractivity contribution in [3.05, 3.63) is 101 Å². The van der Waals surface area contributed by atoms with Gasteiger partial charge in [-0.15, -0.1) is 0 Å². The number of nitrogens with two attached hydrogens (primary N) is 1. The lowest BCUT2D eigenvalue weighted by Gasteiger charge is -2.38. The van der Waals surface area contributed by atoms with Crippen molar-refractivity contribution in [3.8, 4) is 6.07 Å². The molecule has 3 aromatic rings. The monoisotopic (exact) mass is 470 g/mol. The van der Waals surface area contributed by atoms with Crippen molar-refractivity contribution in [2.45, 2.75) is 44.3 Å². The van der Waals surface area contributed by atoms with E-state index in [9.17, 15) is 14.0 Å². The molecule has 1 aliphatic carbocycles. The molecule has 2 atom stereocenters. The zero-order valence-electron chi connectivity index (χ0n) is 19.3. The molecule has 2 unspecified atom stereocenters. The van der Waals surface area contributed by atoms with Gasteiger partial charge in [0.05, 0.1) is 11.6 Å². The van der Waals surface area contributed by atoms with Gasteiger partial charge in [0, 0.05) is 35.4 Å². The van der Waals surface area contributed by atoms with E-state index in [1.165, 1.54) is 24.3 Å². The maximum atomic E-state index is 13.6. The van der Waals surface area contributed by atoms with E-state index >= 15 is 0 Å². The smallest absolute Gasteiger partial charge is 0.255 e. The molecule has 178 valence electrons. The number of rotatable bonds is 6. The zero-order chi connectivity index (χ0) is 24.8. The van der Waals surface area contributed by atoms with Crippen LogP contribution in [0, 0.1) is 17.1 Å². The maximum absolute atomic E-state index is 13.6. The highest BCUT2D eigenvalue weighted by Crippen LogP contribution is 2.26. The number of carbonyl (C=O) groups excluding carboxylic acids is 2. The number of nitriles is 1. The van der Waals surface area contributed by atoms with E-state index in [4.69, 9.17) is 11.0 Å². The number of hydrogen-bond donors (Lipinski definition) is 2. The summed E-state index contributed by atoms with van der Waals surface area (Å²) in [5.74, 6) is -0.893. The van der Waals surface area contributed by atoms with Crippen molar-refractivity contribution in [2.75, 3.05) is 5.32 Å². The van der Waals surface area contributed by atoms with Crippen molar-refractivity contribution in [1.82, 2.24) is 4.90 Å². The minimum absolute atomic E-state index is 0.107. The predicted molar refractivity (Wildman–Crippen MR) is 132 cm³/mol. The summed E-state index contributed by atoms with van der Waals surface area (Å²) in [5, 5.41) is 11.9. The van der Waals surface area contributed by atoms with Gasteiger partial charge in [0.15, 0.2) is 0 Å². The van der Waals surface area contributed by atoms with Crippen LogP contribution in [-0.4, -0.2) is 28.8 Å². The van der Waals surface area contributed by atoms with Crippen molar-refractivity contribution in [1.29, 1.82) is 5.26 Å². The number of carbonyl (C=O) groups is 2. The van der Waals surface area contributed by atoms with Crippen molar-refractivity contribution in [2.24, 2.45) is 5.73 Å². The lowest BCUT2D eigenvalue weighted by molar-refractivity contribution is 0.0583. The Labute approximate surface area is 204 Å². The summed E-state index contributed by atoms with van der Waals surface area (Å²) in [6.45, 7) is 0.331. The van der Waals surface area contributed by atoms with Crippen molar-refractivity contribution < 1.29 is 14.0 Å². The van der Waals surface area contributed by atoms with Gasteiger partial charge in [-0.05, 0) is 79.1 Å². The average molecular weight is 471 g/mol. The second-order valence-electron chi connectivity index (χ2n) is 8.80. The van der Waals surface area contributed by atoms with Crippen LogP contribution in [-0.2, 0) is 6.54 Å². The molecule has 0 aliphatic heterocycles. The molecule has 0 spiro atoms. The zero-order valence-corrected chi connectivity index (χ0v) is 19.3. The van der Waals surface area contributed by atoms with E-state index in [0.29, 0.717) is 28.9 Å². The SMILES string of the molecule is N#Cc1ccc(C(=O)N(Cc2cccc(NC(=O)c3ccc(F)cc3)c2)C2CCCCC2N)cc1. The standard InChI is InChI=1S/C28H27FN4O2/c29-23-14-12-21(13-15-23)27(34)32-24-5-3-4-20(16-24)18-33(26-7-2-1-6-25(26)31)28(35)22-10-8-19(17-30)9-11-22/h3-5,8-16,25-26H,1-2,6-7,18,31H2,(H,32,34). The van der Waals surface area contributed by atoms with Gasteiger partial charge in [-0.25, -0.2) is 4.39 Å². The fraction of sp³-hybridized carbons (Fsp3) is 0.250. The molecule has 0 heterocycles. The summed E-state index contributed by atoms with van der Waals surface area (Å²) in [5.41, 5.74) is 9.22. The van der Waals surface area contributed by atoms with E-state index < -0.39 is 5.82 Å². The quantitative estimate of drug-likeness (QED) is 0.537. The van der Waals surface area contributed by atoms with E-state index in [1.807, 2.05) is 23.1 Å². The maximum Gasteiger partial charge on any atom is 0.255 e. The highest BCUT2D eigenvalue weighted by Gasteiger charge is 2.31. The first-order valence-electron chi connectivity index (χ1n) is 11.7. The van der Waals surface area contributed by atoms with Gasteiger partial charge in [0.25, 0.3) is 11.8 Å². The van der Waals surface area contributed by atoms with Crippen LogP contribution in [0.5, 0.6) is 0 Å². The van der Waals surface area contributed by atoms with Gasteiger partial charge in [0.1, 0.15) is 5.82 Å². The molecular weight excluding hydrogens is 443 g/mol. The second kappa shape index (κ2) is 10.9. The minimum atomic E-state index is -0.406. The fourth-order valence-corrected chi connectivity index (χ4v) is 4.47. The Bertz CT molecular complexity index is 1240. The van der Waals surface area contributed by atoms with Crippen LogP contribution >= 0.6 is 0 Å². The molecule has 3 N–H and O–H groups in total. The highest BCUT2D eigenvalue weighted by atomic mass is 19.1. The number of benzene rings is 3. The first kappa shape index (κ1) is 24.1. The number of amides is 2. The molecule has 2 amide bonds. The summed E-state index contributed by atoms with van der Waals surface area (Å²) in [4.78, 5) is 27.9. The molecule has 3 aromatic carbocycles. The third-order valence-corrected chi connectivity index (χ3v) is 6.35. The summed E-state index contributed by atoms with van der Waals surface area (Å²) >= 11 is 0. The third kappa shape index (κ3) is 5.92. The first-order chi connectivity index (χ1) is 16.9. The molecule has 1 fully saturated rings. The van der Waals surface area contributed by atoms with Gasteiger partial charge < -0.3 is 16.0 Å².